The topological polar surface area (TPSA) is 106 Å². The minimum atomic E-state index is -5.16. The quantitative estimate of drug-likeness (QED) is 0.446. The van der Waals surface area contributed by atoms with Gasteiger partial charge in [-0.25, -0.2) is 4.98 Å². The molecule has 0 saturated heterocycles. The van der Waals surface area contributed by atoms with Crippen LogP contribution in [0.3, 0.4) is 0 Å². The van der Waals surface area contributed by atoms with E-state index < -0.39 is 10.5 Å². The molecule has 0 radical (unpaired) electrons. The number of fused-ring (bicyclic) bond motifs is 1. The third-order valence-corrected chi connectivity index (χ3v) is 6.10. The Morgan fingerprint density at radius 2 is 1.94 bits per heavy atom. The predicted octanol–water partition coefficient (Wildman–Crippen LogP) is 4.52. The lowest BCUT2D eigenvalue weighted by Gasteiger charge is -2.26. The molecule has 0 unspecified atom stereocenters. The summed E-state index contributed by atoms with van der Waals surface area (Å²) < 4.78 is 44.7. The van der Waals surface area contributed by atoms with Crippen molar-refractivity contribution in [3.8, 4) is 11.5 Å². The van der Waals surface area contributed by atoms with Gasteiger partial charge in [0, 0.05) is 24.3 Å². The van der Waals surface area contributed by atoms with Crippen LogP contribution in [0.2, 0.25) is 5.02 Å². The van der Waals surface area contributed by atoms with Gasteiger partial charge in [0.1, 0.15) is 16.5 Å². The summed E-state index contributed by atoms with van der Waals surface area (Å²) in [6.45, 7) is 3.39. The highest BCUT2D eigenvalue weighted by molar-refractivity contribution is 7.81. The van der Waals surface area contributed by atoms with Crippen LogP contribution in [0.5, 0.6) is 11.5 Å². The summed E-state index contributed by atoms with van der Waals surface area (Å²) in [5.41, 5.74) is 3.94. The van der Waals surface area contributed by atoms with Crippen LogP contribution in [0.1, 0.15) is 16.7 Å². The zero-order valence-electron chi connectivity index (χ0n) is 18.7. The van der Waals surface area contributed by atoms with E-state index in [1.165, 1.54) is 29.5 Å². The maximum atomic E-state index is 13.0. The third kappa shape index (κ3) is 5.49. The Bertz CT molecular complexity index is 1340. The number of benzene rings is 2. The Labute approximate surface area is 202 Å². The van der Waals surface area contributed by atoms with E-state index in [1.54, 1.807) is 20.1 Å². The molecule has 4 rings (SSSR count). The maximum absolute atomic E-state index is 13.0. The van der Waals surface area contributed by atoms with Gasteiger partial charge in [0.25, 0.3) is 0 Å². The van der Waals surface area contributed by atoms with Gasteiger partial charge in [-0.1, -0.05) is 21.6 Å². The first-order valence-corrected chi connectivity index (χ1v) is 12.0. The molecule has 2 aromatic carbocycles. The van der Waals surface area contributed by atoms with E-state index in [1.807, 2.05) is 12.1 Å². The van der Waals surface area contributed by atoms with Crippen LogP contribution in [0.15, 0.2) is 36.5 Å². The molecule has 180 valence electrons. The van der Waals surface area contributed by atoms with Crippen molar-refractivity contribution in [1.82, 2.24) is 14.9 Å². The number of nitrogens with one attached hydrogen (secondary N) is 2. The monoisotopic (exact) mass is 507 g/mol. The second kappa shape index (κ2) is 9.61. The van der Waals surface area contributed by atoms with Crippen molar-refractivity contribution >= 4 is 45.2 Å². The van der Waals surface area contributed by atoms with Crippen LogP contribution in [0, 0.1) is 6.92 Å². The molecule has 9 nitrogen and oxygen atoms in total. The van der Waals surface area contributed by atoms with Crippen LogP contribution in [0.4, 0.5) is 27.0 Å². The average Bonchev–Trinajstić information content (AvgIpc) is 2.77. The highest BCUT2D eigenvalue weighted by Gasteiger charge is 2.18. The lowest BCUT2D eigenvalue weighted by molar-refractivity contribution is 0.312. The van der Waals surface area contributed by atoms with Crippen molar-refractivity contribution in [2.75, 3.05) is 31.3 Å². The van der Waals surface area contributed by atoms with Crippen LogP contribution in [0.25, 0.3) is 0 Å². The van der Waals surface area contributed by atoms with Gasteiger partial charge in [0.05, 0.1) is 19.0 Å². The van der Waals surface area contributed by atoms with Crippen LogP contribution in [-0.4, -0.2) is 44.0 Å². The molecule has 1 aromatic heterocycles. The number of hydrogen-bond acceptors (Lipinski definition) is 9. The number of methoxy groups -OCH3 is 1. The minimum Gasteiger partial charge on any atom is -0.495 e. The number of hydrogen-bond donors (Lipinski definition) is 2. The molecule has 0 amide bonds. The third-order valence-electron chi connectivity index (χ3n) is 5.44. The molecule has 0 fully saturated rings. The molecule has 2 heterocycles. The Balaban J connectivity index is 1.62. The van der Waals surface area contributed by atoms with Gasteiger partial charge in [-0.3, -0.25) is 0 Å². The van der Waals surface area contributed by atoms with E-state index in [0.717, 1.165) is 19.5 Å². The first-order valence-electron chi connectivity index (χ1n) is 10.3. The van der Waals surface area contributed by atoms with Gasteiger partial charge < -0.3 is 24.5 Å². The van der Waals surface area contributed by atoms with Gasteiger partial charge >= 0.3 is 10.5 Å². The van der Waals surface area contributed by atoms with Crippen molar-refractivity contribution in [1.29, 1.82) is 0 Å². The second-order valence-corrected chi connectivity index (χ2v) is 9.21. The largest absolute Gasteiger partial charge is 0.495 e. The Morgan fingerprint density at radius 1 is 1.15 bits per heavy atom. The maximum Gasteiger partial charge on any atom is 0.488 e. The van der Waals surface area contributed by atoms with Gasteiger partial charge in [-0.05, 0) is 55.8 Å². The van der Waals surface area contributed by atoms with E-state index in [9.17, 15) is 12.3 Å². The molecule has 0 spiro atoms. The SMILES string of the molecule is COc1cc2c(cc1Nc1ncc(Cl)c(Nc3cccc(OS(=O)(=O)F)c3C)n1)CN(C)CC2. The number of nitrogens with zero attached hydrogens (tertiary/aromatic N) is 3. The fraction of sp³-hybridized carbons (Fsp3) is 0.273. The van der Waals surface area contributed by atoms with Gasteiger partial charge in [0.2, 0.25) is 5.95 Å². The summed E-state index contributed by atoms with van der Waals surface area (Å²) in [6, 6.07) is 8.55. The van der Waals surface area contributed by atoms with Crippen molar-refractivity contribution in [2.24, 2.45) is 0 Å². The molecular formula is C22H23ClFN5O4S. The smallest absolute Gasteiger partial charge is 0.488 e. The van der Waals surface area contributed by atoms with Gasteiger partial charge in [-0.2, -0.15) is 13.4 Å². The number of likely N-dealkylation sites (N-methyl/N-ethyl adjacent to an activating group) is 1. The number of aromatic nitrogens is 2. The van der Waals surface area contributed by atoms with Gasteiger partial charge in [0.15, 0.2) is 5.82 Å². The normalized spacial score (nSPS) is 13.8. The fourth-order valence-electron chi connectivity index (χ4n) is 3.70. The summed E-state index contributed by atoms with van der Waals surface area (Å²) in [5.74, 6) is 1.05. The van der Waals surface area contributed by atoms with Crippen LogP contribution >= 0.6 is 11.6 Å². The summed E-state index contributed by atoms with van der Waals surface area (Å²) in [6.07, 6.45) is 2.37. The lowest BCUT2D eigenvalue weighted by Crippen LogP contribution is -2.26. The molecule has 1 aliphatic rings. The molecule has 0 aliphatic carbocycles. The predicted molar refractivity (Wildman–Crippen MR) is 128 cm³/mol. The molecule has 34 heavy (non-hydrogen) atoms. The zero-order valence-corrected chi connectivity index (χ0v) is 20.3. The number of anilines is 4. The molecule has 1 aliphatic heterocycles. The van der Waals surface area contributed by atoms with Crippen molar-refractivity contribution in [3.63, 3.8) is 0 Å². The molecule has 0 atom stereocenters. The fourth-order valence-corrected chi connectivity index (χ4v) is 4.24. The molecule has 3 aromatic rings. The van der Waals surface area contributed by atoms with Crippen molar-refractivity contribution in [2.45, 2.75) is 19.9 Å². The van der Waals surface area contributed by atoms with Crippen molar-refractivity contribution < 1.29 is 21.2 Å². The molecule has 0 bridgehead atoms. The molecule has 2 N–H and O–H groups in total. The number of ether oxygens (including phenoxy) is 1. The number of rotatable bonds is 7. The van der Waals surface area contributed by atoms with E-state index in [4.69, 9.17) is 16.3 Å². The van der Waals surface area contributed by atoms with E-state index in [0.29, 0.717) is 22.7 Å². The minimum absolute atomic E-state index is 0.153. The number of halogens is 2. The van der Waals surface area contributed by atoms with Crippen LogP contribution in [-0.2, 0) is 23.5 Å². The summed E-state index contributed by atoms with van der Waals surface area (Å²) >= 11 is 6.28. The standard InChI is InChI=1S/C22H23ClFN5O4S/c1-13-17(5-4-6-19(13)33-34(24,30)31)26-21-16(23)11-25-22(28-21)27-18-9-15-12-29(2)8-7-14(15)10-20(18)32-3/h4-6,9-11H,7-8,12H2,1-3H3,(H2,25,26,27,28). The molecule has 0 saturated carbocycles. The lowest BCUT2D eigenvalue weighted by atomic mass is 9.99. The van der Waals surface area contributed by atoms with Gasteiger partial charge in [-0.15, -0.1) is 0 Å². The molecular weight excluding hydrogens is 485 g/mol. The Hall–Kier alpha value is -3.15. The van der Waals surface area contributed by atoms with Crippen LogP contribution < -0.4 is 19.6 Å². The van der Waals surface area contributed by atoms with Crippen molar-refractivity contribution in [3.05, 3.63) is 58.2 Å². The average molecular weight is 508 g/mol. The summed E-state index contributed by atoms with van der Waals surface area (Å²) in [5, 5.41) is 6.43. The van der Waals surface area contributed by atoms with E-state index >= 15 is 0 Å². The summed E-state index contributed by atoms with van der Waals surface area (Å²) in [7, 11) is -1.48. The first-order chi connectivity index (χ1) is 16.1. The first kappa shape index (κ1) is 24.0. The summed E-state index contributed by atoms with van der Waals surface area (Å²) in [4.78, 5) is 10.9. The molecule has 12 heteroatoms. The zero-order chi connectivity index (χ0) is 24.5. The highest BCUT2D eigenvalue weighted by Crippen LogP contribution is 2.34. The Morgan fingerprint density at radius 3 is 2.68 bits per heavy atom. The van der Waals surface area contributed by atoms with E-state index in [-0.39, 0.29) is 22.5 Å². The highest BCUT2D eigenvalue weighted by atomic mass is 35.5. The van der Waals surface area contributed by atoms with E-state index in [2.05, 4.69) is 36.7 Å². The Kier molecular flexibility index (Phi) is 6.78. The second-order valence-electron chi connectivity index (χ2n) is 7.85.